The van der Waals surface area contributed by atoms with Crippen molar-refractivity contribution in [2.75, 3.05) is 11.4 Å². The first kappa shape index (κ1) is 25.4. The molecule has 1 aliphatic carbocycles. The second kappa shape index (κ2) is 9.73. The van der Waals surface area contributed by atoms with Crippen LogP contribution in [0.1, 0.15) is 55.5 Å². The average Bonchev–Trinajstić information content (AvgIpc) is 3.31. The maximum Gasteiger partial charge on any atom is 0.335 e. The van der Waals surface area contributed by atoms with Crippen LogP contribution in [0.5, 0.6) is 5.75 Å². The zero-order valence-corrected chi connectivity index (χ0v) is 21.4. The van der Waals surface area contributed by atoms with E-state index in [-0.39, 0.29) is 22.4 Å². The van der Waals surface area contributed by atoms with E-state index in [4.69, 9.17) is 4.74 Å². The van der Waals surface area contributed by atoms with E-state index in [1.165, 1.54) is 36.6 Å². The van der Waals surface area contributed by atoms with Crippen LogP contribution in [-0.4, -0.2) is 32.1 Å². The number of carbonyl (C=O) groups is 1. The van der Waals surface area contributed by atoms with Gasteiger partial charge < -0.3 is 19.5 Å². The summed E-state index contributed by atoms with van der Waals surface area (Å²) in [5.74, 6) is -0.995. The summed E-state index contributed by atoms with van der Waals surface area (Å²) >= 11 is -1.38. The van der Waals surface area contributed by atoms with Crippen molar-refractivity contribution < 1.29 is 28.5 Å². The molecule has 0 bridgehead atoms. The van der Waals surface area contributed by atoms with Gasteiger partial charge in [-0.05, 0) is 72.6 Å². The Labute approximate surface area is 211 Å². The minimum atomic E-state index is -2.66. The van der Waals surface area contributed by atoms with Gasteiger partial charge in [0.2, 0.25) is 0 Å². The highest BCUT2D eigenvalue weighted by Gasteiger charge is 2.37. The molecule has 1 saturated carbocycles. The molecule has 1 heterocycles. The van der Waals surface area contributed by atoms with Crippen molar-refractivity contribution in [1.29, 1.82) is 0 Å². The van der Waals surface area contributed by atoms with Gasteiger partial charge in [0, 0.05) is 4.88 Å². The highest BCUT2D eigenvalue weighted by atomic mass is 32.2. The number of anilines is 2. The zero-order valence-electron chi connectivity index (χ0n) is 19.8. The van der Waals surface area contributed by atoms with Gasteiger partial charge in [-0.3, -0.25) is 8.51 Å². The van der Waals surface area contributed by atoms with Crippen LogP contribution in [0, 0.1) is 5.41 Å². The van der Waals surface area contributed by atoms with Gasteiger partial charge in [0.15, 0.2) is 0 Å². The first-order valence-corrected chi connectivity index (χ1v) is 13.1. The largest absolute Gasteiger partial charge is 0.755 e. The number of benzene rings is 2. The molecule has 0 spiro atoms. The number of carboxylic acids is 1. The summed E-state index contributed by atoms with van der Waals surface area (Å²) in [5, 5.41) is 20.8. The van der Waals surface area contributed by atoms with E-state index < -0.39 is 22.8 Å². The molecule has 0 saturated heterocycles. The molecule has 1 fully saturated rings. The van der Waals surface area contributed by atoms with E-state index in [0.717, 1.165) is 46.0 Å². The minimum Gasteiger partial charge on any atom is -0.755 e. The Morgan fingerprint density at radius 2 is 1.71 bits per heavy atom. The van der Waals surface area contributed by atoms with Gasteiger partial charge in [-0.1, -0.05) is 38.1 Å². The summed E-state index contributed by atoms with van der Waals surface area (Å²) in [6.45, 7) is 4.47. The number of carboxylic acid groups (broad SMARTS) is 1. The second-order valence-electron chi connectivity index (χ2n) is 9.61. The number of rotatable bonds is 7. The molecule has 2 N–H and O–H groups in total. The molecule has 4 rings (SSSR count). The third-order valence-corrected chi connectivity index (χ3v) is 8.65. The maximum atomic E-state index is 12.2. The Hall–Kier alpha value is -2.72. The van der Waals surface area contributed by atoms with E-state index in [2.05, 4.69) is 13.8 Å². The molecule has 1 aromatic heterocycles. The van der Waals surface area contributed by atoms with Crippen molar-refractivity contribution >= 4 is 39.3 Å². The SMILES string of the molecule is COc1cc(C(=O)O)ccc1N(c1ccc(-c2ccc(C3(O)CCC(C)(C)CC3)cc2)s1)S(=O)[O-]. The fourth-order valence-electron chi connectivity index (χ4n) is 4.42. The number of aliphatic hydroxyl groups is 1. The van der Waals surface area contributed by atoms with Crippen LogP contribution in [-0.2, 0) is 16.9 Å². The van der Waals surface area contributed by atoms with Crippen LogP contribution in [0.3, 0.4) is 0 Å². The van der Waals surface area contributed by atoms with E-state index in [9.17, 15) is 23.8 Å². The summed E-state index contributed by atoms with van der Waals surface area (Å²) in [6, 6.07) is 15.4. The maximum absolute atomic E-state index is 12.2. The molecule has 1 aliphatic rings. The van der Waals surface area contributed by atoms with E-state index in [1.807, 2.05) is 30.3 Å². The summed E-state index contributed by atoms with van der Waals surface area (Å²) in [4.78, 5) is 12.1. The standard InChI is InChI=1S/C26H29NO6S2/c1-25(2)12-14-26(30,15-13-25)19-7-4-17(5-8-19)22-10-11-23(34-22)27(35(31)32)20-9-6-18(24(28)29)16-21(20)33-3/h4-11,16,30H,12-15H2,1-3H3,(H,28,29)(H,31,32)/p-1. The Bertz CT molecular complexity index is 1240. The van der Waals surface area contributed by atoms with Crippen LogP contribution in [0.15, 0.2) is 54.6 Å². The van der Waals surface area contributed by atoms with Crippen molar-refractivity contribution in [2.24, 2.45) is 5.41 Å². The highest BCUT2D eigenvalue weighted by molar-refractivity contribution is 7.81. The van der Waals surface area contributed by atoms with Crippen LogP contribution in [0.2, 0.25) is 0 Å². The summed E-state index contributed by atoms with van der Waals surface area (Å²) < 4.78 is 30.7. The lowest BCUT2D eigenvalue weighted by Crippen LogP contribution is -2.34. The smallest absolute Gasteiger partial charge is 0.335 e. The molecular formula is C26H28NO6S2-. The third-order valence-electron chi connectivity index (χ3n) is 6.72. The van der Waals surface area contributed by atoms with Gasteiger partial charge in [0.25, 0.3) is 0 Å². The van der Waals surface area contributed by atoms with Gasteiger partial charge in [-0.25, -0.2) is 4.79 Å². The summed E-state index contributed by atoms with van der Waals surface area (Å²) in [5.41, 5.74) is 1.47. The van der Waals surface area contributed by atoms with Gasteiger partial charge in [-0.2, -0.15) is 0 Å². The van der Waals surface area contributed by atoms with Gasteiger partial charge in [-0.15, -0.1) is 11.3 Å². The Balaban J connectivity index is 1.60. The van der Waals surface area contributed by atoms with Crippen LogP contribution in [0.4, 0.5) is 10.7 Å². The number of hydrogen-bond acceptors (Lipinski definition) is 6. The van der Waals surface area contributed by atoms with Crippen molar-refractivity contribution in [2.45, 2.75) is 45.1 Å². The molecule has 0 radical (unpaired) electrons. The van der Waals surface area contributed by atoms with Crippen LogP contribution in [0.25, 0.3) is 10.4 Å². The number of methoxy groups -OCH3 is 1. The molecule has 0 amide bonds. The quantitative estimate of drug-likeness (QED) is 0.383. The Kier molecular flexibility index (Phi) is 7.06. The molecule has 1 unspecified atom stereocenters. The van der Waals surface area contributed by atoms with Crippen molar-refractivity contribution in [3.8, 4) is 16.2 Å². The monoisotopic (exact) mass is 514 g/mol. The Morgan fingerprint density at radius 3 is 2.29 bits per heavy atom. The normalized spacial score (nSPS) is 17.5. The third kappa shape index (κ3) is 5.28. The molecule has 0 aliphatic heterocycles. The molecule has 7 nitrogen and oxygen atoms in total. The van der Waals surface area contributed by atoms with Crippen molar-refractivity contribution in [3.05, 3.63) is 65.7 Å². The second-order valence-corrected chi connectivity index (χ2v) is 11.5. The fourth-order valence-corrected chi connectivity index (χ4v) is 6.16. The van der Waals surface area contributed by atoms with Gasteiger partial charge >= 0.3 is 5.97 Å². The van der Waals surface area contributed by atoms with Gasteiger partial charge in [0.1, 0.15) is 10.8 Å². The number of hydrogen-bond donors (Lipinski definition) is 2. The number of aromatic carboxylic acids is 1. The average molecular weight is 515 g/mol. The van der Waals surface area contributed by atoms with E-state index >= 15 is 0 Å². The minimum absolute atomic E-state index is 0.00243. The van der Waals surface area contributed by atoms with E-state index in [1.54, 1.807) is 6.07 Å². The number of thiophene rings is 1. The van der Waals surface area contributed by atoms with Crippen molar-refractivity contribution in [1.82, 2.24) is 0 Å². The van der Waals surface area contributed by atoms with Crippen LogP contribution < -0.4 is 9.04 Å². The number of nitrogens with zero attached hydrogens (tertiary/aromatic N) is 1. The number of ether oxygens (including phenoxy) is 1. The lowest BCUT2D eigenvalue weighted by atomic mass is 9.69. The van der Waals surface area contributed by atoms with E-state index in [0.29, 0.717) is 5.00 Å². The lowest BCUT2D eigenvalue weighted by molar-refractivity contribution is -0.0305. The zero-order chi connectivity index (χ0) is 25.4. The Morgan fingerprint density at radius 1 is 1.06 bits per heavy atom. The molecular weight excluding hydrogens is 486 g/mol. The lowest BCUT2D eigenvalue weighted by Gasteiger charge is -2.40. The fraction of sp³-hybridized carbons (Fsp3) is 0.346. The first-order chi connectivity index (χ1) is 16.5. The van der Waals surface area contributed by atoms with Crippen LogP contribution >= 0.6 is 11.3 Å². The summed E-state index contributed by atoms with van der Waals surface area (Å²) in [6.07, 6.45) is 3.40. The molecule has 186 valence electrons. The predicted octanol–water partition coefficient (Wildman–Crippen LogP) is 5.84. The molecule has 3 aromatic rings. The summed E-state index contributed by atoms with van der Waals surface area (Å²) in [7, 11) is 1.36. The first-order valence-electron chi connectivity index (χ1n) is 11.3. The molecule has 9 heteroatoms. The molecule has 35 heavy (non-hydrogen) atoms. The van der Waals surface area contributed by atoms with Crippen molar-refractivity contribution in [3.63, 3.8) is 0 Å². The topological polar surface area (TPSA) is 110 Å². The predicted molar refractivity (Wildman–Crippen MR) is 137 cm³/mol. The molecule has 1 atom stereocenters. The molecule has 2 aromatic carbocycles. The van der Waals surface area contributed by atoms with Gasteiger partial charge in [0.05, 0.1) is 35.2 Å². The highest BCUT2D eigenvalue weighted by Crippen LogP contribution is 2.46.